The van der Waals surface area contributed by atoms with E-state index in [2.05, 4.69) is 9.82 Å². The molecule has 0 aliphatic rings. The van der Waals surface area contributed by atoms with Crippen molar-refractivity contribution < 1.29 is 41.4 Å². The summed E-state index contributed by atoms with van der Waals surface area (Å²) in [6.45, 7) is 6.54. The van der Waals surface area contributed by atoms with E-state index in [0.717, 1.165) is 29.8 Å². The van der Waals surface area contributed by atoms with Gasteiger partial charge in [0.1, 0.15) is 0 Å². The predicted molar refractivity (Wildman–Crippen MR) is 143 cm³/mol. The molecule has 218 valence electrons. The van der Waals surface area contributed by atoms with Crippen LogP contribution < -0.4 is 9.62 Å². The summed E-state index contributed by atoms with van der Waals surface area (Å²) in [4.78, 5) is 22.8. The van der Waals surface area contributed by atoms with Crippen LogP contribution in [-0.4, -0.2) is 60.1 Å². The number of aromatic carboxylic acids is 1. The van der Waals surface area contributed by atoms with E-state index in [1.165, 1.54) is 23.8 Å². The van der Waals surface area contributed by atoms with Gasteiger partial charge >= 0.3 is 18.1 Å². The number of benzene rings is 2. The number of alkyl halides is 3. The highest BCUT2D eigenvalue weighted by atomic mass is 32.2. The van der Waals surface area contributed by atoms with Crippen molar-refractivity contribution in [1.29, 1.82) is 0 Å². The molecule has 40 heavy (non-hydrogen) atoms. The molecular weight excluding hydrogens is 553 g/mol. The summed E-state index contributed by atoms with van der Waals surface area (Å²) in [6.07, 6.45) is -3.42. The van der Waals surface area contributed by atoms with Gasteiger partial charge in [-0.2, -0.15) is 18.3 Å². The van der Waals surface area contributed by atoms with E-state index in [4.69, 9.17) is 9.90 Å². The van der Waals surface area contributed by atoms with Crippen LogP contribution in [0.4, 0.5) is 24.5 Å². The van der Waals surface area contributed by atoms with E-state index in [0.29, 0.717) is 12.2 Å². The highest BCUT2D eigenvalue weighted by Crippen LogP contribution is 2.26. The van der Waals surface area contributed by atoms with Crippen LogP contribution in [0, 0.1) is 20.8 Å². The summed E-state index contributed by atoms with van der Waals surface area (Å²) < 4.78 is 61.4. The number of aliphatic carboxylic acids is 1. The summed E-state index contributed by atoms with van der Waals surface area (Å²) >= 11 is 0. The first kappa shape index (κ1) is 32.1. The van der Waals surface area contributed by atoms with Gasteiger partial charge in [-0.25, -0.2) is 18.0 Å². The van der Waals surface area contributed by atoms with Crippen LogP contribution in [-0.2, 0) is 28.3 Å². The van der Waals surface area contributed by atoms with Crippen molar-refractivity contribution in [3.8, 4) is 0 Å². The Morgan fingerprint density at radius 3 is 2.10 bits per heavy atom. The maximum atomic E-state index is 12.7. The van der Waals surface area contributed by atoms with Crippen LogP contribution in [0.15, 0.2) is 47.4 Å². The molecule has 3 rings (SSSR count). The van der Waals surface area contributed by atoms with Crippen molar-refractivity contribution in [3.63, 3.8) is 0 Å². The lowest BCUT2D eigenvalue weighted by atomic mass is 10.1. The Hall–Kier alpha value is -4.07. The molecule has 0 saturated heterocycles. The summed E-state index contributed by atoms with van der Waals surface area (Å²) in [5, 5.41) is 21.3. The average molecular weight is 585 g/mol. The van der Waals surface area contributed by atoms with Gasteiger partial charge in [0.2, 0.25) is 0 Å². The van der Waals surface area contributed by atoms with Gasteiger partial charge in [0.25, 0.3) is 10.0 Å². The van der Waals surface area contributed by atoms with E-state index >= 15 is 0 Å². The molecule has 0 unspecified atom stereocenters. The van der Waals surface area contributed by atoms with Gasteiger partial charge < -0.3 is 15.1 Å². The number of hydrogen-bond acceptors (Lipinski definition) is 6. The van der Waals surface area contributed by atoms with E-state index in [1.807, 2.05) is 44.4 Å². The van der Waals surface area contributed by atoms with Gasteiger partial charge in [0.15, 0.2) is 0 Å². The minimum Gasteiger partial charge on any atom is -0.478 e. The minimum atomic E-state index is -5.08. The van der Waals surface area contributed by atoms with Gasteiger partial charge in [-0.1, -0.05) is 17.7 Å². The molecule has 1 heterocycles. The second-order valence-electron chi connectivity index (χ2n) is 9.06. The van der Waals surface area contributed by atoms with Gasteiger partial charge in [0, 0.05) is 32.0 Å². The number of aryl methyl sites for hydroxylation is 3. The molecule has 2 aromatic carbocycles. The first-order chi connectivity index (χ1) is 18.4. The first-order valence-electron chi connectivity index (χ1n) is 11.9. The molecule has 3 N–H and O–H groups in total. The average Bonchev–Trinajstić information content (AvgIpc) is 3.09. The molecule has 0 saturated carbocycles. The summed E-state index contributed by atoms with van der Waals surface area (Å²) in [6, 6.07) is 11.0. The summed E-state index contributed by atoms with van der Waals surface area (Å²) in [7, 11) is -0.0646. The van der Waals surface area contributed by atoms with Crippen molar-refractivity contribution in [1.82, 2.24) is 9.78 Å². The lowest BCUT2D eigenvalue weighted by Gasteiger charge is -2.22. The summed E-state index contributed by atoms with van der Waals surface area (Å²) in [5.41, 5.74) is 5.07. The van der Waals surface area contributed by atoms with Crippen molar-refractivity contribution >= 4 is 33.3 Å². The molecule has 10 nitrogen and oxygen atoms in total. The second-order valence-corrected chi connectivity index (χ2v) is 10.7. The Morgan fingerprint density at radius 2 is 1.62 bits per heavy atom. The Bertz CT molecular complexity index is 1470. The van der Waals surface area contributed by atoms with Crippen molar-refractivity contribution in [2.45, 2.75) is 44.7 Å². The SMILES string of the molecule is Cc1ccc(S(=O)(=O)Nc2ccc(N(C)CCCc3c(C)nn(C)c3C)c(C(=O)O)c2)cc1.O=C(O)C(F)(F)F. The number of hydrogen-bond donors (Lipinski definition) is 3. The molecular formula is C26H31F3N4O6S. The Balaban J connectivity index is 0.000000708. The molecule has 1 aromatic heterocycles. The van der Waals surface area contributed by atoms with Crippen LogP contribution in [0.1, 0.15) is 39.3 Å². The highest BCUT2D eigenvalue weighted by molar-refractivity contribution is 7.92. The molecule has 0 aliphatic carbocycles. The molecule has 0 aliphatic heterocycles. The largest absolute Gasteiger partial charge is 0.490 e. The number of anilines is 2. The van der Waals surface area contributed by atoms with Gasteiger partial charge in [0.05, 0.1) is 21.8 Å². The Morgan fingerprint density at radius 1 is 1.05 bits per heavy atom. The van der Waals surface area contributed by atoms with Crippen LogP contribution in [0.25, 0.3) is 0 Å². The number of carboxylic acid groups (broad SMARTS) is 2. The minimum absolute atomic E-state index is 0.0374. The Kier molecular flexibility index (Phi) is 10.3. The Labute approximate surface area is 230 Å². The number of rotatable bonds is 9. The normalized spacial score (nSPS) is 11.4. The van der Waals surface area contributed by atoms with Crippen molar-refractivity contribution in [3.05, 3.63) is 70.5 Å². The number of aromatic nitrogens is 2. The lowest BCUT2D eigenvalue weighted by molar-refractivity contribution is -0.192. The molecule has 0 bridgehead atoms. The topological polar surface area (TPSA) is 142 Å². The maximum Gasteiger partial charge on any atom is 0.490 e. The maximum absolute atomic E-state index is 12.7. The van der Waals surface area contributed by atoms with Crippen LogP contribution in [0.2, 0.25) is 0 Å². The highest BCUT2D eigenvalue weighted by Gasteiger charge is 2.38. The monoisotopic (exact) mass is 584 g/mol. The van der Waals surface area contributed by atoms with Crippen molar-refractivity contribution in [2.75, 3.05) is 23.2 Å². The summed E-state index contributed by atoms with van der Waals surface area (Å²) in [5.74, 6) is -3.88. The fourth-order valence-corrected chi connectivity index (χ4v) is 4.88. The third kappa shape index (κ3) is 8.46. The van der Waals surface area contributed by atoms with Crippen LogP contribution >= 0.6 is 0 Å². The molecule has 0 fully saturated rings. The first-order valence-corrected chi connectivity index (χ1v) is 13.4. The van der Waals surface area contributed by atoms with Crippen molar-refractivity contribution in [2.24, 2.45) is 7.05 Å². The zero-order valence-corrected chi connectivity index (χ0v) is 23.4. The number of nitrogens with zero attached hydrogens (tertiary/aromatic N) is 3. The van der Waals surface area contributed by atoms with E-state index in [1.54, 1.807) is 24.3 Å². The number of sulfonamides is 1. The third-order valence-corrected chi connectivity index (χ3v) is 7.44. The zero-order valence-electron chi connectivity index (χ0n) is 22.6. The predicted octanol–water partition coefficient (Wildman–Crippen LogP) is 4.55. The molecule has 0 amide bonds. The molecule has 0 spiro atoms. The second kappa shape index (κ2) is 12.9. The van der Waals surface area contributed by atoms with Gasteiger partial charge in [-0.15, -0.1) is 0 Å². The molecule has 0 radical (unpaired) electrons. The zero-order chi connectivity index (χ0) is 30.4. The lowest BCUT2D eigenvalue weighted by Crippen LogP contribution is -2.22. The third-order valence-electron chi connectivity index (χ3n) is 6.04. The van der Waals surface area contributed by atoms with Gasteiger partial charge in [-0.3, -0.25) is 9.40 Å². The van der Waals surface area contributed by atoms with Gasteiger partial charge in [-0.05, 0) is 69.5 Å². The van der Waals surface area contributed by atoms with Crippen LogP contribution in [0.3, 0.4) is 0 Å². The fourth-order valence-electron chi connectivity index (χ4n) is 3.83. The molecule has 14 heteroatoms. The number of nitrogens with one attached hydrogen (secondary N) is 1. The van der Waals surface area contributed by atoms with E-state index in [-0.39, 0.29) is 16.1 Å². The number of carbonyl (C=O) groups is 2. The van der Waals surface area contributed by atoms with E-state index in [9.17, 15) is 31.5 Å². The quantitative estimate of drug-likeness (QED) is 0.333. The van der Waals surface area contributed by atoms with E-state index < -0.39 is 28.1 Å². The molecule has 3 aromatic rings. The fraction of sp³-hybridized carbons (Fsp3) is 0.346. The van der Waals surface area contributed by atoms with Crippen LogP contribution in [0.5, 0.6) is 0 Å². The number of halogens is 3. The molecule has 0 atom stereocenters. The standard InChI is InChI=1S/C24H30N4O4S.C2HF3O2/c1-16-8-11-20(12-9-16)33(31,32)26-19-10-13-23(22(15-19)24(29)30)27(4)14-6-7-21-17(2)25-28(5)18(21)3;3-2(4,5)1(6)7/h8-13,15,26H,6-7,14H2,1-5H3,(H,29,30);(H,6,7). The number of carboxylic acids is 2. The smallest absolute Gasteiger partial charge is 0.478 e.